The third-order valence-electron chi connectivity index (χ3n) is 5.83. The van der Waals surface area contributed by atoms with Crippen LogP contribution in [-0.4, -0.2) is 50.5 Å². The van der Waals surface area contributed by atoms with Crippen LogP contribution in [0.25, 0.3) is 11.1 Å². The van der Waals surface area contributed by atoms with Crippen LogP contribution in [0, 0.1) is 17.0 Å². The molecule has 7 nitrogen and oxygen atoms in total. The van der Waals surface area contributed by atoms with Gasteiger partial charge in [-0.05, 0) is 68.4 Å². The number of benzene rings is 3. The lowest BCUT2D eigenvalue weighted by atomic mass is 9.99. The van der Waals surface area contributed by atoms with E-state index in [-0.39, 0.29) is 31.4 Å². The van der Waals surface area contributed by atoms with E-state index in [1.807, 2.05) is 14.1 Å². The molecule has 0 bridgehead atoms. The van der Waals surface area contributed by atoms with Crippen molar-refractivity contribution in [2.75, 3.05) is 33.9 Å². The third-order valence-corrected chi connectivity index (χ3v) is 5.83. The molecule has 39 heavy (non-hydrogen) atoms. The van der Waals surface area contributed by atoms with Gasteiger partial charge in [-0.1, -0.05) is 36.4 Å². The maximum Gasteiger partial charge on any atom is 0.254 e. The molecule has 0 radical (unpaired) electrons. The van der Waals surface area contributed by atoms with Crippen LogP contribution in [0.5, 0.6) is 5.75 Å². The second-order valence-electron chi connectivity index (χ2n) is 9.05. The quantitative estimate of drug-likeness (QED) is 0.154. The summed E-state index contributed by atoms with van der Waals surface area (Å²) in [5.41, 5.74) is 7.21. The number of nitrogens with one attached hydrogen (secondary N) is 2. The molecule has 0 aliphatic rings. The number of carbonyl (C=O) groups is 1. The summed E-state index contributed by atoms with van der Waals surface area (Å²) in [4.78, 5) is 15.0. The van der Waals surface area contributed by atoms with Crippen molar-refractivity contribution in [2.24, 2.45) is 5.73 Å². The molecule has 0 aliphatic carbocycles. The predicted octanol–water partition coefficient (Wildman–Crippen LogP) is 5.06. The van der Waals surface area contributed by atoms with Crippen molar-refractivity contribution in [3.05, 3.63) is 89.0 Å². The van der Waals surface area contributed by atoms with Gasteiger partial charge in [0.05, 0.1) is 12.2 Å². The maximum atomic E-state index is 15.3. The Labute approximate surface area is 234 Å². The second-order valence-corrected chi connectivity index (χ2v) is 9.05. The zero-order valence-electron chi connectivity index (χ0n) is 22.3. The normalized spacial score (nSPS) is 11.5. The largest absolute Gasteiger partial charge is 0.494 e. The van der Waals surface area contributed by atoms with Crippen molar-refractivity contribution in [3.8, 4) is 16.9 Å². The van der Waals surface area contributed by atoms with Crippen LogP contribution in [0.1, 0.15) is 36.1 Å². The second kappa shape index (κ2) is 15.2. The van der Waals surface area contributed by atoms with E-state index in [2.05, 4.69) is 10.2 Å². The van der Waals surface area contributed by atoms with Gasteiger partial charge in [-0.15, -0.1) is 12.4 Å². The first-order valence-electron chi connectivity index (χ1n) is 12.4. The molecule has 0 heterocycles. The Hall–Kier alpha value is -3.53. The number of carbonyl (C=O) groups excluding carboxylic acids is 1. The Kier molecular flexibility index (Phi) is 12.3. The monoisotopic (exact) mass is 560 g/mol. The minimum atomic E-state index is -1.46. The van der Waals surface area contributed by atoms with Crippen molar-refractivity contribution >= 4 is 24.1 Å². The topological polar surface area (TPSA) is 101 Å². The highest BCUT2D eigenvalue weighted by Gasteiger charge is 2.28. The van der Waals surface area contributed by atoms with Crippen molar-refractivity contribution < 1.29 is 23.0 Å². The fourth-order valence-electron chi connectivity index (χ4n) is 3.88. The predicted molar refractivity (Wildman–Crippen MR) is 151 cm³/mol. The van der Waals surface area contributed by atoms with E-state index < -0.39 is 29.2 Å². The highest BCUT2D eigenvalue weighted by Crippen LogP contribution is 2.31. The molecule has 1 unspecified atom stereocenters. The minimum Gasteiger partial charge on any atom is -0.494 e. The highest BCUT2D eigenvalue weighted by atomic mass is 35.5. The Morgan fingerprint density at radius 2 is 1.72 bits per heavy atom. The Bertz CT molecular complexity index is 1230. The van der Waals surface area contributed by atoms with Crippen molar-refractivity contribution in [3.63, 3.8) is 0 Å². The van der Waals surface area contributed by atoms with Gasteiger partial charge in [0, 0.05) is 25.3 Å². The summed E-state index contributed by atoms with van der Waals surface area (Å²) in [5, 5.41) is 10.1. The molecule has 210 valence electrons. The lowest BCUT2D eigenvalue weighted by Crippen LogP contribution is -2.31. The number of nitrogens with zero attached hydrogens (tertiary/aromatic N) is 1. The summed E-state index contributed by atoms with van der Waals surface area (Å²) in [6, 6.07) is 16.2. The van der Waals surface area contributed by atoms with Crippen LogP contribution in [0.15, 0.2) is 60.7 Å². The van der Waals surface area contributed by atoms with Crippen molar-refractivity contribution in [1.82, 2.24) is 10.2 Å². The summed E-state index contributed by atoms with van der Waals surface area (Å²) >= 11 is 0. The SMILES string of the molecule is CCOC(C(=O)NCc1ccc(C(=N)N)cc1)c1c(F)cc(-c2cccc(OCCCN(C)C)c2)cc1F.Cl. The molecule has 1 atom stereocenters. The van der Waals surface area contributed by atoms with Crippen LogP contribution in [0.2, 0.25) is 0 Å². The fraction of sp³-hybridized carbons (Fsp3) is 0.310. The van der Waals surface area contributed by atoms with Gasteiger partial charge in [-0.3, -0.25) is 10.2 Å². The smallest absolute Gasteiger partial charge is 0.254 e. The van der Waals surface area contributed by atoms with Gasteiger partial charge in [-0.25, -0.2) is 8.78 Å². The number of halogens is 3. The van der Waals surface area contributed by atoms with E-state index in [0.717, 1.165) is 18.5 Å². The number of rotatable bonds is 13. The van der Waals surface area contributed by atoms with E-state index in [1.54, 1.807) is 55.5 Å². The van der Waals surface area contributed by atoms with Gasteiger partial charge in [0.1, 0.15) is 23.2 Å². The van der Waals surface area contributed by atoms with Crippen LogP contribution in [0.4, 0.5) is 8.78 Å². The first-order valence-corrected chi connectivity index (χ1v) is 12.4. The average Bonchev–Trinajstić information content (AvgIpc) is 2.89. The number of hydrogen-bond acceptors (Lipinski definition) is 5. The highest BCUT2D eigenvalue weighted by molar-refractivity contribution is 5.94. The number of ether oxygens (including phenoxy) is 2. The molecular formula is C29H35ClF2N4O3. The number of nitrogen functional groups attached to an aromatic ring is 1. The molecule has 0 spiro atoms. The number of nitrogens with two attached hydrogens (primary N) is 1. The van der Waals surface area contributed by atoms with Gasteiger partial charge >= 0.3 is 0 Å². The zero-order valence-corrected chi connectivity index (χ0v) is 23.1. The van der Waals surface area contributed by atoms with E-state index >= 15 is 8.78 Å². The van der Waals surface area contributed by atoms with Gasteiger partial charge in [-0.2, -0.15) is 0 Å². The first kappa shape index (κ1) is 31.7. The molecule has 4 N–H and O–H groups in total. The van der Waals surface area contributed by atoms with Crippen molar-refractivity contribution in [2.45, 2.75) is 26.0 Å². The number of hydrogen-bond donors (Lipinski definition) is 3. The van der Waals surface area contributed by atoms with Crippen molar-refractivity contribution in [1.29, 1.82) is 5.41 Å². The molecule has 0 fully saturated rings. The lowest BCUT2D eigenvalue weighted by molar-refractivity contribution is -0.133. The van der Waals surface area contributed by atoms with Crippen LogP contribution in [-0.2, 0) is 16.1 Å². The number of amidine groups is 1. The molecule has 0 aliphatic heterocycles. The summed E-state index contributed by atoms with van der Waals surface area (Å²) < 4.78 is 41.8. The first-order chi connectivity index (χ1) is 18.2. The third kappa shape index (κ3) is 9.02. The van der Waals surface area contributed by atoms with E-state index in [9.17, 15) is 4.79 Å². The molecule has 0 saturated heterocycles. The average molecular weight is 561 g/mol. The number of amides is 1. The Morgan fingerprint density at radius 3 is 2.31 bits per heavy atom. The van der Waals surface area contributed by atoms with Crippen LogP contribution < -0.4 is 15.8 Å². The van der Waals surface area contributed by atoms with E-state index in [4.69, 9.17) is 20.6 Å². The fourth-order valence-corrected chi connectivity index (χ4v) is 3.88. The van der Waals surface area contributed by atoms with Gasteiger partial charge < -0.3 is 25.4 Å². The molecule has 3 aromatic rings. The lowest BCUT2D eigenvalue weighted by Gasteiger charge is -2.19. The van der Waals surface area contributed by atoms with Gasteiger partial charge in [0.25, 0.3) is 5.91 Å². The van der Waals surface area contributed by atoms with Crippen LogP contribution >= 0.6 is 12.4 Å². The molecule has 0 aromatic heterocycles. The standard InChI is InChI=1S/C29H34F2N4O3.ClH/c1-4-37-27(29(36)34-18-19-9-11-20(12-10-19)28(32)33)26-24(30)16-22(17-25(26)31)21-7-5-8-23(15-21)38-14-6-13-35(2)3;/h5,7-12,15-17,27H,4,6,13-14,18H2,1-3H3,(H3,32,33)(H,34,36);1H. The Balaban J connectivity index is 0.00000533. The van der Waals surface area contributed by atoms with Gasteiger partial charge in [0.15, 0.2) is 6.10 Å². The summed E-state index contributed by atoms with van der Waals surface area (Å²) in [7, 11) is 3.98. The molecule has 0 saturated carbocycles. The van der Waals surface area contributed by atoms with Gasteiger partial charge in [0.2, 0.25) is 0 Å². The van der Waals surface area contributed by atoms with Crippen LogP contribution in [0.3, 0.4) is 0 Å². The molecule has 3 aromatic carbocycles. The molecule has 10 heteroatoms. The Morgan fingerprint density at radius 1 is 1.05 bits per heavy atom. The minimum absolute atomic E-state index is 0. The summed E-state index contributed by atoms with van der Waals surface area (Å²) in [5.74, 6) is -1.88. The molecule has 3 rings (SSSR count). The molecule has 1 amide bonds. The zero-order chi connectivity index (χ0) is 27.7. The summed E-state index contributed by atoms with van der Waals surface area (Å²) in [6.07, 6.45) is -0.614. The molecular weight excluding hydrogens is 526 g/mol. The summed E-state index contributed by atoms with van der Waals surface area (Å²) in [6.45, 7) is 3.26. The van der Waals surface area contributed by atoms with E-state index in [0.29, 0.717) is 29.0 Å². The van der Waals surface area contributed by atoms with E-state index in [1.165, 1.54) is 12.1 Å². The maximum absolute atomic E-state index is 15.3.